The summed E-state index contributed by atoms with van der Waals surface area (Å²) in [6, 6.07) is 7.88. The predicted molar refractivity (Wildman–Crippen MR) is 70.3 cm³/mol. The van der Waals surface area contributed by atoms with Crippen LogP contribution in [-0.2, 0) is 13.1 Å². The predicted octanol–water partition coefficient (Wildman–Crippen LogP) is 2.61. The van der Waals surface area contributed by atoms with Gasteiger partial charge in [-0.1, -0.05) is 23.7 Å². The maximum atomic E-state index is 5.97. The van der Waals surface area contributed by atoms with Crippen molar-refractivity contribution < 1.29 is 0 Å². The number of hydrogen-bond donors (Lipinski definition) is 1. The molecule has 0 bridgehead atoms. The largest absolute Gasteiger partial charge is 0.316 e. The van der Waals surface area contributed by atoms with Crippen LogP contribution in [0.3, 0.4) is 0 Å². The van der Waals surface area contributed by atoms with Crippen LogP contribution in [0.1, 0.15) is 16.8 Å². The molecule has 0 saturated carbocycles. The van der Waals surface area contributed by atoms with E-state index in [0.717, 1.165) is 18.1 Å². The molecule has 0 aliphatic rings. The molecule has 0 fully saturated rings. The second kappa shape index (κ2) is 5.34. The van der Waals surface area contributed by atoms with Crippen molar-refractivity contribution >= 4 is 11.6 Å². The standard InChI is InChI=1S/C13H16ClN3/c1-10-12(7-15-2)8-16-17(10)9-11-4-3-5-13(14)6-11/h3-6,8,15H,7,9H2,1-2H3. The Kier molecular flexibility index (Phi) is 3.82. The second-order valence-electron chi connectivity index (χ2n) is 4.07. The molecule has 2 aromatic rings. The van der Waals surface area contributed by atoms with Crippen molar-refractivity contribution in [3.05, 3.63) is 52.3 Å². The number of aromatic nitrogens is 2. The van der Waals surface area contributed by atoms with Crippen LogP contribution in [0.4, 0.5) is 0 Å². The molecule has 0 atom stereocenters. The van der Waals surface area contributed by atoms with Crippen LogP contribution in [-0.4, -0.2) is 16.8 Å². The molecule has 1 aromatic carbocycles. The quantitative estimate of drug-likeness (QED) is 0.903. The molecule has 0 radical (unpaired) electrons. The lowest BCUT2D eigenvalue weighted by Crippen LogP contribution is -2.08. The fourth-order valence-corrected chi connectivity index (χ4v) is 2.03. The molecule has 1 aromatic heterocycles. The van der Waals surface area contributed by atoms with Crippen molar-refractivity contribution in [1.29, 1.82) is 0 Å². The summed E-state index contributed by atoms with van der Waals surface area (Å²) in [5.41, 5.74) is 3.59. The highest BCUT2D eigenvalue weighted by Crippen LogP contribution is 2.14. The fourth-order valence-electron chi connectivity index (χ4n) is 1.82. The summed E-state index contributed by atoms with van der Waals surface area (Å²) >= 11 is 5.97. The highest BCUT2D eigenvalue weighted by atomic mass is 35.5. The Morgan fingerprint density at radius 2 is 2.24 bits per heavy atom. The van der Waals surface area contributed by atoms with Crippen molar-refractivity contribution in [3.8, 4) is 0 Å². The van der Waals surface area contributed by atoms with E-state index in [2.05, 4.69) is 23.4 Å². The minimum absolute atomic E-state index is 0.760. The van der Waals surface area contributed by atoms with E-state index in [9.17, 15) is 0 Å². The Morgan fingerprint density at radius 3 is 2.94 bits per heavy atom. The molecule has 0 aliphatic heterocycles. The lowest BCUT2D eigenvalue weighted by Gasteiger charge is -2.06. The van der Waals surface area contributed by atoms with Gasteiger partial charge in [0, 0.05) is 22.8 Å². The summed E-state index contributed by atoms with van der Waals surface area (Å²) in [6.07, 6.45) is 1.91. The Hall–Kier alpha value is -1.32. The third-order valence-electron chi connectivity index (χ3n) is 2.79. The van der Waals surface area contributed by atoms with Gasteiger partial charge in [-0.2, -0.15) is 5.10 Å². The number of nitrogens with zero attached hydrogens (tertiary/aromatic N) is 2. The van der Waals surface area contributed by atoms with E-state index in [1.165, 1.54) is 16.8 Å². The summed E-state index contributed by atoms with van der Waals surface area (Å²) in [5, 5.41) is 8.30. The molecule has 2 rings (SSSR count). The molecular formula is C13H16ClN3. The van der Waals surface area contributed by atoms with Crippen LogP contribution >= 0.6 is 11.6 Å². The van der Waals surface area contributed by atoms with Gasteiger partial charge in [-0.15, -0.1) is 0 Å². The molecule has 4 heteroatoms. The Morgan fingerprint density at radius 1 is 1.41 bits per heavy atom. The number of halogens is 1. The highest BCUT2D eigenvalue weighted by Gasteiger charge is 2.06. The second-order valence-corrected chi connectivity index (χ2v) is 4.51. The van der Waals surface area contributed by atoms with E-state index in [1.807, 2.05) is 36.1 Å². The van der Waals surface area contributed by atoms with E-state index < -0.39 is 0 Å². The average Bonchev–Trinajstić information content (AvgIpc) is 2.62. The summed E-state index contributed by atoms with van der Waals surface area (Å²) in [4.78, 5) is 0. The molecule has 0 spiro atoms. The van der Waals surface area contributed by atoms with E-state index in [1.54, 1.807) is 0 Å². The third-order valence-corrected chi connectivity index (χ3v) is 3.03. The van der Waals surface area contributed by atoms with Crippen LogP contribution in [0.15, 0.2) is 30.5 Å². The summed E-state index contributed by atoms with van der Waals surface area (Å²) < 4.78 is 2.00. The smallest absolute Gasteiger partial charge is 0.0663 e. The van der Waals surface area contributed by atoms with Gasteiger partial charge in [0.15, 0.2) is 0 Å². The molecular weight excluding hydrogens is 234 g/mol. The van der Waals surface area contributed by atoms with Gasteiger partial charge < -0.3 is 5.32 Å². The summed E-state index contributed by atoms with van der Waals surface area (Å²) in [5.74, 6) is 0. The van der Waals surface area contributed by atoms with Crippen molar-refractivity contribution in [3.63, 3.8) is 0 Å². The molecule has 0 aliphatic carbocycles. The zero-order valence-corrected chi connectivity index (χ0v) is 10.8. The summed E-state index contributed by atoms with van der Waals surface area (Å²) in [6.45, 7) is 3.70. The van der Waals surface area contributed by atoms with Gasteiger partial charge in [0.25, 0.3) is 0 Å². The molecule has 1 heterocycles. The third kappa shape index (κ3) is 2.87. The Balaban J connectivity index is 2.19. The molecule has 0 amide bonds. The van der Waals surface area contributed by atoms with E-state index >= 15 is 0 Å². The first-order chi connectivity index (χ1) is 8.20. The van der Waals surface area contributed by atoms with Gasteiger partial charge in [0.2, 0.25) is 0 Å². The number of rotatable bonds is 4. The lowest BCUT2D eigenvalue weighted by atomic mass is 10.2. The van der Waals surface area contributed by atoms with E-state index in [4.69, 9.17) is 11.6 Å². The first kappa shape index (κ1) is 12.1. The fraction of sp³-hybridized carbons (Fsp3) is 0.308. The van der Waals surface area contributed by atoms with Crippen molar-refractivity contribution in [2.24, 2.45) is 0 Å². The van der Waals surface area contributed by atoms with Crippen LogP contribution in [0.5, 0.6) is 0 Å². The van der Waals surface area contributed by atoms with Crippen LogP contribution in [0.25, 0.3) is 0 Å². The van der Waals surface area contributed by atoms with Crippen LogP contribution < -0.4 is 5.32 Å². The van der Waals surface area contributed by atoms with E-state index in [0.29, 0.717) is 0 Å². The van der Waals surface area contributed by atoms with Crippen molar-refractivity contribution in [2.75, 3.05) is 7.05 Å². The topological polar surface area (TPSA) is 29.9 Å². The molecule has 1 N–H and O–H groups in total. The molecule has 0 unspecified atom stereocenters. The van der Waals surface area contributed by atoms with Gasteiger partial charge >= 0.3 is 0 Å². The van der Waals surface area contributed by atoms with Crippen LogP contribution in [0.2, 0.25) is 5.02 Å². The maximum Gasteiger partial charge on any atom is 0.0663 e. The van der Waals surface area contributed by atoms with Gasteiger partial charge in [-0.25, -0.2) is 0 Å². The first-order valence-electron chi connectivity index (χ1n) is 5.61. The van der Waals surface area contributed by atoms with Crippen molar-refractivity contribution in [2.45, 2.75) is 20.0 Å². The van der Waals surface area contributed by atoms with Gasteiger partial charge in [-0.05, 0) is 31.7 Å². The first-order valence-corrected chi connectivity index (χ1v) is 5.99. The zero-order valence-electron chi connectivity index (χ0n) is 10.1. The minimum atomic E-state index is 0.760. The van der Waals surface area contributed by atoms with Gasteiger partial charge in [0.05, 0.1) is 12.7 Å². The SMILES string of the molecule is CNCc1cnn(Cc2cccc(Cl)c2)c1C. The Labute approximate surface area is 106 Å². The molecule has 3 nitrogen and oxygen atoms in total. The van der Waals surface area contributed by atoms with Gasteiger partial charge in [-0.3, -0.25) is 4.68 Å². The molecule has 90 valence electrons. The van der Waals surface area contributed by atoms with Crippen LogP contribution in [0, 0.1) is 6.92 Å². The Bertz CT molecular complexity index is 505. The van der Waals surface area contributed by atoms with Gasteiger partial charge in [0.1, 0.15) is 0 Å². The van der Waals surface area contributed by atoms with E-state index in [-0.39, 0.29) is 0 Å². The molecule has 0 saturated heterocycles. The number of benzene rings is 1. The number of hydrogen-bond acceptors (Lipinski definition) is 2. The lowest BCUT2D eigenvalue weighted by molar-refractivity contribution is 0.662. The molecule has 17 heavy (non-hydrogen) atoms. The average molecular weight is 250 g/mol. The normalized spacial score (nSPS) is 10.8. The zero-order chi connectivity index (χ0) is 12.3. The monoisotopic (exact) mass is 249 g/mol. The number of nitrogens with one attached hydrogen (secondary N) is 1. The minimum Gasteiger partial charge on any atom is -0.316 e. The maximum absolute atomic E-state index is 5.97. The highest BCUT2D eigenvalue weighted by molar-refractivity contribution is 6.30. The van der Waals surface area contributed by atoms with Crippen molar-refractivity contribution in [1.82, 2.24) is 15.1 Å². The summed E-state index contributed by atoms with van der Waals surface area (Å²) in [7, 11) is 1.94.